The van der Waals surface area contributed by atoms with E-state index in [0.29, 0.717) is 15.2 Å². The Bertz CT molecular complexity index is 712. The maximum atomic E-state index is 6.31. The summed E-state index contributed by atoms with van der Waals surface area (Å²) in [5, 5.41) is 8.67. The summed E-state index contributed by atoms with van der Waals surface area (Å²) in [5.74, 6) is 0. The van der Waals surface area contributed by atoms with Crippen LogP contribution in [0.15, 0.2) is 30.3 Å². The molecule has 0 saturated heterocycles. The fourth-order valence-electron chi connectivity index (χ4n) is 2.37. The van der Waals surface area contributed by atoms with E-state index in [1.165, 1.54) is 5.56 Å². The summed E-state index contributed by atoms with van der Waals surface area (Å²) in [4.78, 5) is 0. The third-order valence-electron chi connectivity index (χ3n) is 3.44. The quantitative estimate of drug-likeness (QED) is 0.579. The minimum Gasteiger partial charge on any atom is -0.332 e. The molecule has 122 valence electrons. The number of anilines is 2. The van der Waals surface area contributed by atoms with Gasteiger partial charge in [-0.2, -0.15) is 0 Å². The van der Waals surface area contributed by atoms with E-state index in [2.05, 4.69) is 24.5 Å². The van der Waals surface area contributed by atoms with Crippen LogP contribution in [0, 0.1) is 0 Å². The normalized spacial score (nSPS) is 10.5. The van der Waals surface area contributed by atoms with Crippen molar-refractivity contribution in [2.75, 3.05) is 10.6 Å². The van der Waals surface area contributed by atoms with Crippen molar-refractivity contribution in [2.24, 2.45) is 0 Å². The van der Waals surface area contributed by atoms with E-state index >= 15 is 0 Å². The highest BCUT2D eigenvalue weighted by Crippen LogP contribution is 2.30. The first-order valence-electron chi connectivity index (χ1n) is 7.29. The Morgan fingerprint density at radius 3 is 2.17 bits per heavy atom. The molecule has 0 unspecified atom stereocenters. The third kappa shape index (κ3) is 4.74. The molecule has 0 aliphatic carbocycles. The number of aryl methyl sites for hydroxylation is 1. The number of thiocarbonyl (C=S) groups is 1. The van der Waals surface area contributed by atoms with Gasteiger partial charge in [-0.1, -0.05) is 54.7 Å². The first-order chi connectivity index (χ1) is 10.9. The molecular formula is C17H17Cl3N2S. The van der Waals surface area contributed by atoms with Gasteiger partial charge in [0.2, 0.25) is 0 Å². The Morgan fingerprint density at radius 2 is 1.61 bits per heavy atom. The highest BCUT2D eigenvalue weighted by Gasteiger charge is 2.12. The number of hydrogen-bond acceptors (Lipinski definition) is 1. The molecule has 6 heteroatoms. The van der Waals surface area contributed by atoms with E-state index in [0.717, 1.165) is 34.8 Å². The average Bonchev–Trinajstić information content (AvgIpc) is 2.46. The summed E-state index contributed by atoms with van der Waals surface area (Å²) in [6, 6.07) is 9.15. The lowest BCUT2D eigenvalue weighted by molar-refractivity contribution is 1.09. The van der Waals surface area contributed by atoms with Gasteiger partial charge in [0.05, 0.1) is 0 Å². The molecule has 0 bridgehead atoms. The first kappa shape index (κ1) is 18.3. The van der Waals surface area contributed by atoms with Crippen LogP contribution in [0.3, 0.4) is 0 Å². The van der Waals surface area contributed by atoms with E-state index in [-0.39, 0.29) is 0 Å². The largest absolute Gasteiger partial charge is 0.332 e. The fourth-order valence-corrected chi connectivity index (χ4v) is 3.41. The van der Waals surface area contributed by atoms with Gasteiger partial charge in [0.1, 0.15) is 0 Å². The highest BCUT2D eigenvalue weighted by molar-refractivity contribution is 7.80. The average molecular weight is 388 g/mol. The van der Waals surface area contributed by atoms with Crippen molar-refractivity contribution < 1.29 is 0 Å². The van der Waals surface area contributed by atoms with E-state index in [1.54, 1.807) is 18.2 Å². The second kappa shape index (κ2) is 8.20. The summed E-state index contributed by atoms with van der Waals surface area (Å²) < 4.78 is 0. The number of nitrogens with one attached hydrogen (secondary N) is 2. The zero-order chi connectivity index (χ0) is 17.0. The summed E-state index contributed by atoms with van der Waals surface area (Å²) in [5.41, 5.74) is 3.92. The van der Waals surface area contributed by atoms with Crippen LogP contribution >= 0.6 is 47.0 Å². The second-order valence-electron chi connectivity index (χ2n) is 5.00. The van der Waals surface area contributed by atoms with E-state index in [1.807, 2.05) is 12.1 Å². The maximum Gasteiger partial charge on any atom is 0.175 e. The molecule has 0 aliphatic rings. The van der Waals surface area contributed by atoms with Crippen molar-refractivity contribution in [3.63, 3.8) is 0 Å². The van der Waals surface area contributed by atoms with Gasteiger partial charge in [-0.05, 0) is 60.5 Å². The third-order valence-corrected chi connectivity index (χ3v) is 4.43. The SMILES string of the molecule is CCc1ccc(Cl)c(CC)c1NC(=S)Nc1cc(Cl)cc(Cl)c1. The number of benzene rings is 2. The Labute approximate surface area is 157 Å². The van der Waals surface area contributed by atoms with Crippen molar-refractivity contribution >= 4 is 63.5 Å². The Balaban J connectivity index is 2.24. The molecule has 0 atom stereocenters. The Kier molecular flexibility index (Phi) is 6.54. The van der Waals surface area contributed by atoms with Crippen LogP contribution in [0.2, 0.25) is 15.1 Å². The molecule has 0 amide bonds. The molecule has 0 aromatic heterocycles. The van der Waals surface area contributed by atoms with Gasteiger partial charge < -0.3 is 10.6 Å². The standard InChI is InChI=1S/C17H17Cl3N2S/c1-3-10-5-6-15(20)14(4-2)16(10)22-17(23)21-13-8-11(18)7-12(19)9-13/h5-9H,3-4H2,1-2H3,(H2,21,22,23). The molecule has 0 radical (unpaired) electrons. The van der Waals surface area contributed by atoms with Crippen molar-refractivity contribution in [1.29, 1.82) is 0 Å². The molecule has 0 spiro atoms. The lowest BCUT2D eigenvalue weighted by atomic mass is 10.0. The summed E-state index contributed by atoms with van der Waals surface area (Å²) >= 11 is 23.7. The van der Waals surface area contributed by atoms with Gasteiger partial charge in [0.15, 0.2) is 5.11 Å². The van der Waals surface area contributed by atoms with Crippen LogP contribution in [0.25, 0.3) is 0 Å². The van der Waals surface area contributed by atoms with Crippen molar-refractivity contribution in [3.05, 3.63) is 56.5 Å². The molecule has 2 rings (SSSR count). The maximum absolute atomic E-state index is 6.31. The molecule has 2 N–H and O–H groups in total. The lowest BCUT2D eigenvalue weighted by Gasteiger charge is -2.18. The first-order valence-corrected chi connectivity index (χ1v) is 8.83. The van der Waals surface area contributed by atoms with Crippen molar-refractivity contribution in [1.82, 2.24) is 0 Å². The Morgan fingerprint density at radius 1 is 0.957 bits per heavy atom. The van der Waals surface area contributed by atoms with Crippen molar-refractivity contribution in [3.8, 4) is 0 Å². The fraction of sp³-hybridized carbons (Fsp3) is 0.235. The topological polar surface area (TPSA) is 24.1 Å². The molecule has 2 aromatic carbocycles. The van der Waals surface area contributed by atoms with Crippen molar-refractivity contribution in [2.45, 2.75) is 26.7 Å². The minimum atomic E-state index is 0.468. The molecule has 2 aromatic rings. The lowest BCUT2D eigenvalue weighted by Crippen LogP contribution is -2.21. The van der Waals surface area contributed by atoms with E-state index < -0.39 is 0 Å². The van der Waals surface area contributed by atoms with Gasteiger partial charge in [0, 0.05) is 26.4 Å². The monoisotopic (exact) mass is 386 g/mol. The molecule has 0 fully saturated rings. The highest BCUT2D eigenvalue weighted by atomic mass is 35.5. The molecule has 2 nitrogen and oxygen atoms in total. The van der Waals surface area contributed by atoms with Crippen LogP contribution in [0.5, 0.6) is 0 Å². The van der Waals surface area contributed by atoms with Crippen LogP contribution in [0.1, 0.15) is 25.0 Å². The molecule has 0 aliphatic heterocycles. The summed E-state index contributed by atoms with van der Waals surface area (Å²) in [7, 11) is 0. The number of halogens is 3. The van der Waals surface area contributed by atoms with Gasteiger partial charge >= 0.3 is 0 Å². The van der Waals surface area contributed by atoms with Crippen LogP contribution in [-0.4, -0.2) is 5.11 Å². The number of hydrogen-bond donors (Lipinski definition) is 2. The van der Waals surface area contributed by atoms with Crippen LogP contribution in [-0.2, 0) is 12.8 Å². The van der Waals surface area contributed by atoms with Crippen LogP contribution in [0.4, 0.5) is 11.4 Å². The van der Waals surface area contributed by atoms with Crippen LogP contribution < -0.4 is 10.6 Å². The smallest absolute Gasteiger partial charge is 0.175 e. The molecular weight excluding hydrogens is 371 g/mol. The van der Waals surface area contributed by atoms with Gasteiger partial charge in [-0.3, -0.25) is 0 Å². The predicted molar refractivity (Wildman–Crippen MR) is 107 cm³/mol. The molecule has 0 heterocycles. The Hall–Kier alpha value is -1.000. The van der Waals surface area contributed by atoms with E-state index in [4.69, 9.17) is 47.0 Å². The predicted octanol–water partition coefficient (Wildman–Crippen LogP) is 6.58. The molecule has 0 saturated carbocycles. The second-order valence-corrected chi connectivity index (χ2v) is 6.69. The van der Waals surface area contributed by atoms with E-state index in [9.17, 15) is 0 Å². The minimum absolute atomic E-state index is 0.468. The van der Waals surface area contributed by atoms with Gasteiger partial charge in [-0.15, -0.1) is 0 Å². The van der Waals surface area contributed by atoms with Gasteiger partial charge in [-0.25, -0.2) is 0 Å². The summed E-state index contributed by atoms with van der Waals surface area (Å²) in [6.07, 6.45) is 1.71. The summed E-state index contributed by atoms with van der Waals surface area (Å²) in [6.45, 7) is 4.17. The zero-order valence-corrected chi connectivity index (χ0v) is 15.9. The number of rotatable bonds is 4. The molecule has 23 heavy (non-hydrogen) atoms. The zero-order valence-electron chi connectivity index (χ0n) is 12.8. The van der Waals surface area contributed by atoms with Gasteiger partial charge in [0.25, 0.3) is 0 Å².